The second-order valence-electron chi connectivity index (χ2n) is 5.52. The van der Waals surface area contributed by atoms with Crippen LogP contribution in [0.5, 0.6) is 0 Å². The molecule has 2 aromatic rings. The third-order valence-electron chi connectivity index (χ3n) is 3.85. The summed E-state index contributed by atoms with van der Waals surface area (Å²) in [6.07, 6.45) is 0. The molecule has 5 nitrogen and oxygen atoms in total. The lowest BCUT2D eigenvalue weighted by Crippen LogP contribution is -2.40. The second-order valence-corrected chi connectivity index (χ2v) is 7.90. The molecule has 1 N–H and O–H groups in total. The van der Waals surface area contributed by atoms with Gasteiger partial charge in [0.05, 0.1) is 18.1 Å². The molecule has 128 valence electrons. The van der Waals surface area contributed by atoms with Gasteiger partial charge < -0.3 is 10.1 Å². The fourth-order valence-electron chi connectivity index (χ4n) is 2.51. The number of hydrogen-bond donors (Lipinski definition) is 1. The van der Waals surface area contributed by atoms with Crippen molar-refractivity contribution in [3.05, 3.63) is 59.1 Å². The summed E-state index contributed by atoms with van der Waals surface area (Å²) in [5.41, 5.74) is 1.83. The number of halogens is 1. The monoisotopic (exact) mass is 366 g/mol. The van der Waals surface area contributed by atoms with Crippen LogP contribution >= 0.6 is 11.6 Å². The van der Waals surface area contributed by atoms with Gasteiger partial charge in [-0.2, -0.15) is 4.31 Å². The van der Waals surface area contributed by atoms with Crippen LogP contribution in [0.1, 0.15) is 5.56 Å². The van der Waals surface area contributed by atoms with Crippen molar-refractivity contribution in [3.63, 3.8) is 0 Å². The lowest BCUT2D eigenvalue weighted by molar-refractivity contribution is 0.0730. The molecule has 7 heteroatoms. The maximum atomic E-state index is 12.7. The number of benzene rings is 2. The fourth-order valence-corrected chi connectivity index (χ4v) is 4.09. The summed E-state index contributed by atoms with van der Waals surface area (Å²) >= 11 is 5.87. The normalized spacial score (nSPS) is 16.0. The number of anilines is 1. The standard InChI is InChI=1S/C17H19ClN2O3S/c18-15-6-4-14(5-7-15)13-19-16-2-1-3-17(12-16)24(21,22)20-8-10-23-11-9-20/h1-7,12,19H,8-11,13H2. The Labute approximate surface area is 147 Å². The molecule has 24 heavy (non-hydrogen) atoms. The van der Waals surface area contributed by atoms with Gasteiger partial charge >= 0.3 is 0 Å². The second kappa shape index (κ2) is 7.53. The number of nitrogens with one attached hydrogen (secondary N) is 1. The van der Waals surface area contributed by atoms with E-state index in [1.165, 1.54) is 4.31 Å². The van der Waals surface area contributed by atoms with Crippen LogP contribution in [0.25, 0.3) is 0 Å². The molecule has 1 heterocycles. The molecule has 3 rings (SSSR count). The zero-order valence-corrected chi connectivity index (χ0v) is 14.7. The van der Waals surface area contributed by atoms with E-state index in [0.717, 1.165) is 11.3 Å². The van der Waals surface area contributed by atoms with Crippen molar-refractivity contribution in [2.24, 2.45) is 0 Å². The van der Waals surface area contributed by atoms with Gasteiger partial charge in [-0.3, -0.25) is 0 Å². The summed E-state index contributed by atoms with van der Waals surface area (Å²) in [6.45, 7) is 2.26. The Bertz CT molecular complexity index is 788. The van der Waals surface area contributed by atoms with E-state index in [0.29, 0.717) is 42.8 Å². The third kappa shape index (κ3) is 4.08. The Morgan fingerprint density at radius 1 is 1.08 bits per heavy atom. The molecule has 0 spiro atoms. The highest BCUT2D eigenvalue weighted by Crippen LogP contribution is 2.21. The van der Waals surface area contributed by atoms with E-state index in [1.807, 2.05) is 30.3 Å². The van der Waals surface area contributed by atoms with Gasteiger partial charge in [-0.1, -0.05) is 29.8 Å². The van der Waals surface area contributed by atoms with E-state index >= 15 is 0 Å². The van der Waals surface area contributed by atoms with Gasteiger partial charge in [0.15, 0.2) is 0 Å². The lowest BCUT2D eigenvalue weighted by Gasteiger charge is -2.26. The summed E-state index contributed by atoms with van der Waals surface area (Å²) in [5.74, 6) is 0. The van der Waals surface area contributed by atoms with Gasteiger partial charge in [-0.05, 0) is 35.9 Å². The maximum absolute atomic E-state index is 12.7. The Morgan fingerprint density at radius 2 is 1.79 bits per heavy atom. The molecule has 1 fully saturated rings. The molecule has 0 atom stereocenters. The molecule has 0 bridgehead atoms. The Hall–Kier alpha value is -1.60. The third-order valence-corrected chi connectivity index (χ3v) is 6.00. The van der Waals surface area contributed by atoms with Gasteiger partial charge in [0.1, 0.15) is 0 Å². The van der Waals surface area contributed by atoms with E-state index < -0.39 is 10.0 Å². The molecule has 0 aliphatic carbocycles. The Kier molecular flexibility index (Phi) is 5.40. The van der Waals surface area contributed by atoms with Crippen molar-refractivity contribution in [1.29, 1.82) is 0 Å². The minimum atomic E-state index is -3.48. The molecule has 1 aliphatic heterocycles. The number of rotatable bonds is 5. The maximum Gasteiger partial charge on any atom is 0.243 e. The van der Waals surface area contributed by atoms with E-state index in [9.17, 15) is 8.42 Å². The highest BCUT2D eigenvalue weighted by Gasteiger charge is 2.26. The van der Waals surface area contributed by atoms with Crippen LogP contribution in [0.3, 0.4) is 0 Å². The molecule has 1 saturated heterocycles. The first-order valence-corrected chi connectivity index (χ1v) is 9.54. The predicted molar refractivity (Wildman–Crippen MR) is 94.8 cm³/mol. The zero-order chi connectivity index (χ0) is 17.0. The number of nitrogens with zero attached hydrogens (tertiary/aromatic N) is 1. The molecule has 0 unspecified atom stereocenters. The highest BCUT2D eigenvalue weighted by atomic mass is 35.5. The topological polar surface area (TPSA) is 58.6 Å². The van der Waals surface area contributed by atoms with Crippen molar-refractivity contribution < 1.29 is 13.2 Å². The van der Waals surface area contributed by atoms with Crippen LogP contribution in [0, 0.1) is 0 Å². The Balaban J connectivity index is 1.72. The van der Waals surface area contributed by atoms with E-state index in [4.69, 9.17) is 16.3 Å². The minimum Gasteiger partial charge on any atom is -0.381 e. The highest BCUT2D eigenvalue weighted by molar-refractivity contribution is 7.89. The largest absolute Gasteiger partial charge is 0.381 e. The van der Waals surface area contributed by atoms with Crippen LogP contribution in [-0.4, -0.2) is 39.0 Å². The van der Waals surface area contributed by atoms with Crippen molar-refractivity contribution in [3.8, 4) is 0 Å². The first-order valence-electron chi connectivity index (χ1n) is 7.72. The summed E-state index contributed by atoms with van der Waals surface area (Å²) < 4.78 is 32.0. The molecular formula is C17H19ClN2O3S. The van der Waals surface area contributed by atoms with Crippen LogP contribution in [0.15, 0.2) is 53.4 Å². The molecule has 0 saturated carbocycles. The molecule has 0 amide bonds. The summed E-state index contributed by atoms with van der Waals surface area (Å²) in [6, 6.07) is 14.4. The quantitative estimate of drug-likeness (QED) is 0.883. The van der Waals surface area contributed by atoms with Crippen LogP contribution < -0.4 is 5.32 Å². The SMILES string of the molecule is O=S(=O)(c1cccc(NCc2ccc(Cl)cc2)c1)N1CCOCC1. The number of ether oxygens (including phenoxy) is 1. The zero-order valence-electron chi connectivity index (χ0n) is 13.1. The molecule has 0 radical (unpaired) electrons. The van der Waals surface area contributed by atoms with Crippen molar-refractivity contribution in [2.75, 3.05) is 31.6 Å². The predicted octanol–water partition coefficient (Wildman–Crippen LogP) is 2.97. The fraction of sp³-hybridized carbons (Fsp3) is 0.294. The van der Waals surface area contributed by atoms with Crippen molar-refractivity contribution >= 4 is 27.3 Å². The molecule has 1 aliphatic rings. The summed E-state index contributed by atoms with van der Waals surface area (Å²) in [7, 11) is -3.48. The smallest absolute Gasteiger partial charge is 0.243 e. The van der Waals surface area contributed by atoms with Gasteiger partial charge in [0.25, 0.3) is 0 Å². The first kappa shape index (κ1) is 17.2. The minimum absolute atomic E-state index is 0.297. The lowest BCUT2D eigenvalue weighted by atomic mass is 10.2. The van der Waals surface area contributed by atoms with Gasteiger partial charge in [-0.15, -0.1) is 0 Å². The van der Waals surface area contributed by atoms with Gasteiger partial charge in [0, 0.05) is 30.3 Å². The number of hydrogen-bond acceptors (Lipinski definition) is 4. The van der Waals surface area contributed by atoms with Crippen LogP contribution in [0.2, 0.25) is 5.02 Å². The number of morpholine rings is 1. The molecule has 0 aromatic heterocycles. The molecular weight excluding hydrogens is 348 g/mol. The van der Waals surface area contributed by atoms with Crippen molar-refractivity contribution in [1.82, 2.24) is 4.31 Å². The summed E-state index contributed by atoms with van der Waals surface area (Å²) in [4.78, 5) is 0.297. The van der Waals surface area contributed by atoms with E-state index in [1.54, 1.807) is 18.2 Å². The molecule has 2 aromatic carbocycles. The van der Waals surface area contributed by atoms with Crippen molar-refractivity contribution in [2.45, 2.75) is 11.4 Å². The van der Waals surface area contributed by atoms with Crippen LogP contribution in [0.4, 0.5) is 5.69 Å². The summed E-state index contributed by atoms with van der Waals surface area (Å²) in [5, 5.41) is 3.94. The van der Waals surface area contributed by atoms with Gasteiger partial charge in [-0.25, -0.2) is 8.42 Å². The Morgan fingerprint density at radius 3 is 2.50 bits per heavy atom. The van der Waals surface area contributed by atoms with E-state index in [2.05, 4.69) is 5.32 Å². The van der Waals surface area contributed by atoms with Gasteiger partial charge in [0.2, 0.25) is 10.0 Å². The van der Waals surface area contributed by atoms with Crippen LogP contribution in [-0.2, 0) is 21.3 Å². The number of sulfonamides is 1. The first-order chi connectivity index (χ1) is 11.6. The average Bonchev–Trinajstić information content (AvgIpc) is 2.62. The average molecular weight is 367 g/mol. The van der Waals surface area contributed by atoms with E-state index in [-0.39, 0.29) is 0 Å².